The first-order chi connectivity index (χ1) is 4.24. The van der Waals surface area contributed by atoms with Gasteiger partial charge in [-0.25, -0.2) is 0 Å². The van der Waals surface area contributed by atoms with Gasteiger partial charge in [0.2, 0.25) is 0 Å². The third-order valence-electron chi connectivity index (χ3n) is 2.27. The minimum atomic E-state index is 0.721. The molecule has 0 spiro atoms. The van der Waals surface area contributed by atoms with Gasteiger partial charge in [0.25, 0.3) is 0 Å². The highest BCUT2D eigenvalue weighted by molar-refractivity contribution is 5.06. The first kappa shape index (κ1) is 6.81. The first-order valence-electron chi connectivity index (χ1n) is 3.61. The molecule has 2 unspecified atom stereocenters. The maximum absolute atomic E-state index is 5.52. The van der Waals surface area contributed by atoms with Gasteiger partial charge in [-0.2, -0.15) is 0 Å². The van der Waals surface area contributed by atoms with Gasteiger partial charge in [-0.05, 0) is 31.2 Å². The molecule has 0 heterocycles. The predicted octanol–water partition coefficient (Wildman–Crippen LogP) is 1.55. The molecule has 0 radical (unpaired) electrons. The van der Waals surface area contributed by atoms with Gasteiger partial charge in [-0.1, -0.05) is 19.1 Å². The van der Waals surface area contributed by atoms with E-state index in [1.54, 1.807) is 0 Å². The van der Waals surface area contributed by atoms with Crippen LogP contribution in [0.4, 0.5) is 0 Å². The van der Waals surface area contributed by atoms with E-state index in [-0.39, 0.29) is 0 Å². The molecular weight excluding hydrogens is 110 g/mol. The average Bonchev–Trinajstić information content (AvgIpc) is 2.13. The SMILES string of the molecule is C=C1CC(CN)CC1C. The minimum Gasteiger partial charge on any atom is -0.330 e. The second-order valence-electron chi connectivity index (χ2n) is 3.10. The van der Waals surface area contributed by atoms with Crippen LogP contribution in [-0.4, -0.2) is 6.54 Å². The van der Waals surface area contributed by atoms with E-state index >= 15 is 0 Å². The molecular formula is C8H15N. The second-order valence-corrected chi connectivity index (χ2v) is 3.10. The van der Waals surface area contributed by atoms with Crippen molar-refractivity contribution in [3.8, 4) is 0 Å². The van der Waals surface area contributed by atoms with E-state index in [1.807, 2.05) is 0 Å². The van der Waals surface area contributed by atoms with Crippen LogP contribution in [0.15, 0.2) is 12.2 Å². The van der Waals surface area contributed by atoms with E-state index in [4.69, 9.17) is 5.73 Å². The Kier molecular flexibility index (Phi) is 1.91. The summed E-state index contributed by atoms with van der Waals surface area (Å²) >= 11 is 0. The molecule has 0 aromatic heterocycles. The third-order valence-corrected chi connectivity index (χ3v) is 2.27. The third kappa shape index (κ3) is 1.33. The van der Waals surface area contributed by atoms with Crippen LogP contribution < -0.4 is 5.73 Å². The summed E-state index contributed by atoms with van der Waals surface area (Å²) in [5, 5.41) is 0. The van der Waals surface area contributed by atoms with Crippen LogP contribution in [0.2, 0.25) is 0 Å². The Hall–Kier alpha value is -0.300. The molecule has 9 heavy (non-hydrogen) atoms. The van der Waals surface area contributed by atoms with Gasteiger partial charge in [0.05, 0.1) is 0 Å². The first-order valence-corrected chi connectivity index (χ1v) is 3.61. The van der Waals surface area contributed by atoms with E-state index < -0.39 is 0 Å². The summed E-state index contributed by atoms with van der Waals surface area (Å²) in [5.74, 6) is 1.45. The molecule has 2 N–H and O–H groups in total. The molecule has 52 valence electrons. The van der Waals surface area contributed by atoms with E-state index in [1.165, 1.54) is 12.0 Å². The maximum atomic E-state index is 5.52. The van der Waals surface area contributed by atoms with Crippen LogP contribution in [-0.2, 0) is 0 Å². The van der Waals surface area contributed by atoms with Crippen molar-refractivity contribution in [2.24, 2.45) is 17.6 Å². The Balaban J connectivity index is 2.44. The van der Waals surface area contributed by atoms with Crippen LogP contribution in [0.25, 0.3) is 0 Å². The molecule has 0 saturated heterocycles. The highest BCUT2D eigenvalue weighted by Crippen LogP contribution is 2.33. The fraction of sp³-hybridized carbons (Fsp3) is 0.750. The summed E-state index contributed by atoms with van der Waals surface area (Å²) in [6, 6.07) is 0. The smallest absolute Gasteiger partial charge is 0.00456 e. The monoisotopic (exact) mass is 125 g/mol. The normalized spacial score (nSPS) is 35.6. The van der Waals surface area contributed by atoms with Gasteiger partial charge in [0, 0.05) is 0 Å². The molecule has 1 saturated carbocycles. The number of hydrogen-bond acceptors (Lipinski definition) is 1. The second kappa shape index (κ2) is 2.53. The summed E-state index contributed by atoms with van der Waals surface area (Å²) in [6.45, 7) is 7.05. The molecule has 1 aliphatic rings. The summed E-state index contributed by atoms with van der Waals surface area (Å²) in [4.78, 5) is 0. The van der Waals surface area contributed by atoms with Crippen LogP contribution in [0.3, 0.4) is 0 Å². The molecule has 0 amide bonds. The molecule has 1 fully saturated rings. The fourth-order valence-electron chi connectivity index (χ4n) is 1.50. The zero-order valence-electron chi connectivity index (χ0n) is 6.06. The lowest BCUT2D eigenvalue weighted by atomic mass is 10.1. The lowest BCUT2D eigenvalue weighted by Gasteiger charge is -2.01. The summed E-state index contributed by atoms with van der Waals surface area (Å²) in [7, 11) is 0. The number of allylic oxidation sites excluding steroid dienone is 1. The molecule has 1 nitrogen and oxygen atoms in total. The van der Waals surface area contributed by atoms with Crippen LogP contribution >= 0.6 is 0 Å². The molecule has 1 heteroatoms. The molecule has 0 aliphatic heterocycles. The predicted molar refractivity (Wildman–Crippen MR) is 40.1 cm³/mol. The maximum Gasteiger partial charge on any atom is -0.00456 e. The van der Waals surface area contributed by atoms with Crippen LogP contribution in [0.5, 0.6) is 0 Å². The van der Waals surface area contributed by atoms with Crippen molar-refractivity contribution in [1.29, 1.82) is 0 Å². The van der Waals surface area contributed by atoms with E-state index in [2.05, 4.69) is 13.5 Å². The zero-order chi connectivity index (χ0) is 6.85. The lowest BCUT2D eigenvalue weighted by Crippen LogP contribution is -2.10. The van der Waals surface area contributed by atoms with Gasteiger partial charge >= 0.3 is 0 Å². The van der Waals surface area contributed by atoms with E-state index in [0.717, 1.165) is 24.8 Å². The Morgan fingerprint density at radius 2 is 2.44 bits per heavy atom. The molecule has 0 aromatic carbocycles. The van der Waals surface area contributed by atoms with Gasteiger partial charge < -0.3 is 5.73 Å². The molecule has 0 bridgehead atoms. The number of hydrogen-bond donors (Lipinski definition) is 1. The van der Waals surface area contributed by atoms with Crippen molar-refractivity contribution in [3.05, 3.63) is 12.2 Å². The topological polar surface area (TPSA) is 26.0 Å². The average molecular weight is 125 g/mol. The Morgan fingerprint density at radius 1 is 1.78 bits per heavy atom. The van der Waals surface area contributed by atoms with Crippen molar-refractivity contribution < 1.29 is 0 Å². The van der Waals surface area contributed by atoms with E-state index in [9.17, 15) is 0 Å². The van der Waals surface area contributed by atoms with Gasteiger partial charge in [0.1, 0.15) is 0 Å². The van der Waals surface area contributed by atoms with Crippen molar-refractivity contribution in [2.45, 2.75) is 19.8 Å². The molecule has 2 atom stereocenters. The molecule has 1 aliphatic carbocycles. The lowest BCUT2D eigenvalue weighted by molar-refractivity contribution is 0.527. The summed E-state index contributed by atoms with van der Waals surface area (Å²) in [5.41, 5.74) is 6.91. The Bertz CT molecular complexity index is 118. The van der Waals surface area contributed by atoms with Gasteiger partial charge in [-0.3, -0.25) is 0 Å². The van der Waals surface area contributed by atoms with E-state index in [0.29, 0.717) is 0 Å². The van der Waals surface area contributed by atoms with Crippen molar-refractivity contribution in [1.82, 2.24) is 0 Å². The standard InChI is InChI=1S/C8H15N/c1-6-3-8(5-9)4-7(6)2/h7-8H,1,3-5,9H2,2H3. The Labute approximate surface area is 56.9 Å². The van der Waals surface area contributed by atoms with Crippen LogP contribution in [0.1, 0.15) is 19.8 Å². The summed E-state index contributed by atoms with van der Waals surface area (Å²) in [6.07, 6.45) is 2.42. The zero-order valence-corrected chi connectivity index (χ0v) is 6.06. The highest BCUT2D eigenvalue weighted by Gasteiger charge is 2.22. The van der Waals surface area contributed by atoms with Crippen molar-refractivity contribution in [3.63, 3.8) is 0 Å². The summed E-state index contributed by atoms with van der Waals surface area (Å²) < 4.78 is 0. The fourth-order valence-corrected chi connectivity index (χ4v) is 1.50. The number of nitrogens with two attached hydrogens (primary N) is 1. The number of rotatable bonds is 1. The van der Waals surface area contributed by atoms with Crippen molar-refractivity contribution >= 4 is 0 Å². The highest BCUT2D eigenvalue weighted by atomic mass is 14.6. The Morgan fingerprint density at radius 3 is 2.67 bits per heavy atom. The van der Waals surface area contributed by atoms with Gasteiger partial charge in [0.15, 0.2) is 0 Å². The molecule has 1 rings (SSSR count). The van der Waals surface area contributed by atoms with Gasteiger partial charge in [-0.15, -0.1) is 0 Å². The van der Waals surface area contributed by atoms with Crippen molar-refractivity contribution in [2.75, 3.05) is 6.54 Å². The quantitative estimate of drug-likeness (QED) is 0.529. The minimum absolute atomic E-state index is 0.721. The van der Waals surface area contributed by atoms with Crippen LogP contribution in [0, 0.1) is 11.8 Å². The largest absolute Gasteiger partial charge is 0.330 e. The molecule has 0 aromatic rings.